The Morgan fingerprint density at radius 2 is 1.48 bits per heavy atom. The van der Waals surface area contributed by atoms with Crippen LogP contribution >= 0.6 is 0 Å². The molecule has 0 unspecified atom stereocenters. The first-order chi connectivity index (χ1) is 19.6. The number of hydrogen-bond acceptors (Lipinski definition) is 6. The fourth-order valence-corrected chi connectivity index (χ4v) is 5.33. The SMILES string of the molecule is COc1ccc([C@@H]2[C@@H](C(=O)Nc3ccc4c(c3)OCCO4)c3ccccc3C(=O)N2c2ccc(OC)cc2)cc1. The standard InChI is InChI=1S/C32H28N2O6/c1-37-23-12-7-20(8-13-23)30-29(31(35)33-21-9-16-27-28(19-21)40-18-17-39-27)25-5-3-4-6-26(25)32(36)34(30)22-10-14-24(38-2)15-11-22/h3-16,19,29-30H,17-18H2,1-2H3,(H,33,35)/t29-,30+/m0/s1. The molecule has 4 aromatic rings. The van der Waals surface area contributed by atoms with Gasteiger partial charge in [0.2, 0.25) is 5.91 Å². The van der Waals surface area contributed by atoms with Gasteiger partial charge in [-0.15, -0.1) is 0 Å². The second-order valence-electron chi connectivity index (χ2n) is 9.50. The topological polar surface area (TPSA) is 86.3 Å². The van der Waals surface area contributed by atoms with Gasteiger partial charge in [-0.05, 0) is 65.7 Å². The molecule has 6 rings (SSSR count). The number of anilines is 2. The lowest BCUT2D eigenvalue weighted by Crippen LogP contribution is -2.46. The number of benzene rings is 4. The van der Waals surface area contributed by atoms with E-state index in [-0.39, 0.29) is 11.8 Å². The summed E-state index contributed by atoms with van der Waals surface area (Å²) < 4.78 is 22.1. The number of ether oxygens (including phenoxy) is 4. The van der Waals surface area contributed by atoms with E-state index in [9.17, 15) is 9.59 Å². The van der Waals surface area contributed by atoms with E-state index in [1.165, 1.54) is 0 Å². The molecule has 2 amide bonds. The zero-order valence-electron chi connectivity index (χ0n) is 22.1. The molecule has 8 heteroatoms. The van der Waals surface area contributed by atoms with E-state index >= 15 is 0 Å². The van der Waals surface area contributed by atoms with Crippen molar-refractivity contribution in [3.8, 4) is 23.0 Å². The fraction of sp³-hybridized carbons (Fsp3) is 0.188. The van der Waals surface area contributed by atoms with Gasteiger partial charge in [0.05, 0.1) is 26.2 Å². The number of carbonyl (C=O) groups is 2. The van der Waals surface area contributed by atoms with E-state index in [4.69, 9.17) is 18.9 Å². The summed E-state index contributed by atoms with van der Waals surface area (Å²) in [5, 5.41) is 3.07. The summed E-state index contributed by atoms with van der Waals surface area (Å²) >= 11 is 0. The van der Waals surface area contributed by atoms with Crippen LogP contribution in [0.2, 0.25) is 0 Å². The van der Waals surface area contributed by atoms with Crippen molar-refractivity contribution < 1.29 is 28.5 Å². The molecule has 0 saturated carbocycles. The smallest absolute Gasteiger partial charge is 0.259 e. The number of nitrogens with zero attached hydrogens (tertiary/aromatic N) is 1. The number of carbonyl (C=O) groups excluding carboxylic acids is 2. The number of amides is 2. The molecule has 2 atom stereocenters. The fourth-order valence-electron chi connectivity index (χ4n) is 5.33. The van der Waals surface area contributed by atoms with Crippen molar-refractivity contribution >= 4 is 23.2 Å². The molecule has 4 aromatic carbocycles. The monoisotopic (exact) mass is 536 g/mol. The Morgan fingerprint density at radius 3 is 2.17 bits per heavy atom. The van der Waals surface area contributed by atoms with E-state index in [1.54, 1.807) is 55.5 Å². The normalized spacial score (nSPS) is 17.6. The maximum atomic E-state index is 14.2. The highest BCUT2D eigenvalue weighted by Gasteiger charge is 2.45. The molecular formula is C32H28N2O6. The van der Waals surface area contributed by atoms with Crippen LogP contribution in [0.15, 0.2) is 91.0 Å². The maximum absolute atomic E-state index is 14.2. The van der Waals surface area contributed by atoms with Crippen molar-refractivity contribution in [2.24, 2.45) is 0 Å². The Balaban J connectivity index is 1.47. The third-order valence-electron chi connectivity index (χ3n) is 7.24. The van der Waals surface area contributed by atoms with E-state index in [2.05, 4.69) is 5.32 Å². The van der Waals surface area contributed by atoms with Crippen LogP contribution in [0.3, 0.4) is 0 Å². The third kappa shape index (κ3) is 4.58. The van der Waals surface area contributed by atoms with E-state index in [0.717, 1.165) is 5.56 Å². The maximum Gasteiger partial charge on any atom is 0.259 e. The van der Waals surface area contributed by atoms with Gasteiger partial charge < -0.3 is 24.3 Å². The number of fused-ring (bicyclic) bond motifs is 2. The lowest BCUT2D eigenvalue weighted by molar-refractivity contribution is -0.118. The minimum atomic E-state index is -0.724. The van der Waals surface area contributed by atoms with E-state index in [0.29, 0.717) is 58.7 Å². The lowest BCUT2D eigenvalue weighted by atomic mass is 9.78. The van der Waals surface area contributed by atoms with Crippen LogP contribution in [-0.4, -0.2) is 39.2 Å². The van der Waals surface area contributed by atoms with Gasteiger partial charge in [-0.2, -0.15) is 0 Å². The number of rotatable bonds is 6. The molecule has 0 bridgehead atoms. The van der Waals surface area contributed by atoms with Crippen molar-refractivity contribution in [3.05, 3.63) is 108 Å². The molecular weight excluding hydrogens is 508 g/mol. The van der Waals surface area contributed by atoms with Crippen LogP contribution in [0.25, 0.3) is 0 Å². The second kappa shape index (κ2) is 10.6. The Kier molecular flexibility index (Phi) is 6.74. The summed E-state index contributed by atoms with van der Waals surface area (Å²) in [7, 11) is 3.19. The zero-order valence-corrected chi connectivity index (χ0v) is 22.1. The molecule has 8 nitrogen and oxygen atoms in total. The Bertz CT molecular complexity index is 1550. The van der Waals surface area contributed by atoms with Gasteiger partial charge >= 0.3 is 0 Å². The first-order valence-corrected chi connectivity index (χ1v) is 13.0. The van der Waals surface area contributed by atoms with Crippen LogP contribution in [0, 0.1) is 0 Å². The minimum absolute atomic E-state index is 0.190. The predicted molar refractivity (Wildman–Crippen MR) is 151 cm³/mol. The van der Waals surface area contributed by atoms with Crippen molar-refractivity contribution in [2.75, 3.05) is 37.7 Å². The molecule has 0 fully saturated rings. The molecule has 2 aliphatic heterocycles. The first kappa shape index (κ1) is 25.3. The van der Waals surface area contributed by atoms with E-state index < -0.39 is 12.0 Å². The Morgan fingerprint density at radius 1 is 0.825 bits per heavy atom. The van der Waals surface area contributed by atoms with Crippen LogP contribution in [0.4, 0.5) is 11.4 Å². The largest absolute Gasteiger partial charge is 0.497 e. The molecule has 202 valence electrons. The second-order valence-corrected chi connectivity index (χ2v) is 9.50. The van der Waals surface area contributed by atoms with Crippen molar-refractivity contribution in [2.45, 2.75) is 12.0 Å². The molecule has 1 N–H and O–H groups in total. The first-order valence-electron chi connectivity index (χ1n) is 13.0. The quantitative estimate of drug-likeness (QED) is 0.345. The highest BCUT2D eigenvalue weighted by Crippen LogP contribution is 2.46. The summed E-state index contributed by atoms with van der Waals surface area (Å²) in [6, 6.07) is 26.7. The Labute approximate surface area is 232 Å². The van der Waals surface area contributed by atoms with Gasteiger partial charge in [-0.25, -0.2) is 0 Å². The molecule has 0 radical (unpaired) electrons. The van der Waals surface area contributed by atoms with Gasteiger partial charge in [0.15, 0.2) is 11.5 Å². The minimum Gasteiger partial charge on any atom is -0.497 e. The molecule has 0 aromatic heterocycles. The van der Waals surface area contributed by atoms with Crippen molar-refractivity contribution in [1.29, 1.82) is 0 Å². The predicted octanol–water partition coefficient (Wildman–Crippen LogP) is 5.60. The number of methoxy groups -OCH3 is 2. The molecule has 0 spiro atoms. The van der Waals surface area contributed by atoms with Crippen molar-refractivity contribution in [1.82, 2.24) is 0 Å². The highest BCUT2D eigenvalue weighted by atomic mass is 16.6. The summed E-state index contributed by atoms with van der Waals surface area (Å²) in [5.74, 6) is 1.40. The molecule has 40 heavy (non-hydrogen) atoms. The van der Waals surface area contributed by atoms with Gasteiger partial charge in [0, 0.05) is 23.0 Å². The summed E-state index contributed by atoms with van der Waals surface area (Å²) in [4.78, 5) is 30.0. The lowest BCUT2D eigenvalue weighted by Gasteiger charge is -2.42. The number of hydrogen-bond donors (Lipinski definition) is 1. The van der Waals surface area contributed by atoms with Crippen LogP contribution in [-0.2, 0) is 4.79 Å². The summed E-state index contributed by atoms with van der Waals surface area (Å²) in [6.07, 6.45) is 0. The molecule has 0 aliphatic carbocycles. The molecule has 2 heterocycles. The molecule has 0 saturated heterocycles. The zero-order chi connectivity index (χ0) is 27.6. The van der Waals surface area contributed by atoms with Gasteiger partial charge in [0.25, 0.3) is 5.91 Å². The molecule has 2 aliphatic rings. The van der Waals surface area contributed by atoms with Crippen LogP contribution in [0.5, 0.6) is 23.0 Å². The van der Waals surface area contributed by atoms with Crippen molar-refractivity contribution in [3.63, 3.8) is 0 Å². The van der Waals surface area contributed by atoms with Crippen LogP contribution < -0.4 is 29.2 Å². The average molecular weight is 537 g/mol. The van der Waals surface area contributed by atoms with Gasteiger partial charge in [0.1, 0.15) is 24.7 Å². The summed E-state index contributed by atoms with van der Waals surface area (Å²) in [5.41, 5.74) is 3.16. The highest BCUT2D eigenvalue weighted by molar-refractivity contribution is 6.12. The Hall–Kier alpha value is -4.98. The van der Waals surface area contributed by atoms with Crippen LogP contribution in [0.1, 0.15) is 33.4 Å². The number of nitrogens with one attached hydrogen (secondary N) is 1. The average Bonchev–Trinajstić information content (AvgIpc) is 3.01. The third-order valence-corrected chi connectivity index (χ3v) is 7.24. The van der Waals surface area contributed by atoms with Gasteiger partial charge in [-0.3, -0.25) is 14.5 Å². The van der Waals surface area contributed by atoms with Gasteiger partial charge in [-0.1, -0.05) is 30.3 Å². The van der Waals surface area contributed by atoms with E-state index in [1.807, 2.05) is 54.6 Å². The summed E-state index contributed by atoms with van der Waals surface area (Å²) in [6.45, 7) is 0.926.